The van der Waals surface area contributed by atoms with Crippen molar-refractivity contribution in [1.82, 2.24) is 15.5 Å². The van der Waals surface area contributed by atoms with Crippen LogP contribution in [0.1, 0.15) is 133 Å². The molecule has 320 valence electrons. The lowest BCUT2D eigenvalue weighted by Gasteiger charge is -2.30. The molecular weight excluding hydrogens is 691 g/mol. The van der Waals surface area contributed by atoms with Gasteiger partial charge in [-0.1, -0.05) is 130 Å². The van der Waals surface area contributed by atoms with Crippen molar-refractivity contribution in [3.8, 4) is 0 Å². The number of nitrogens with zero attached hydrogens (tertiary/aromatic N) is 3. The van der Waals surface area contributed by atoms with Gasteiger partial charge >= 0.3 is 0 Å². The first kappa shape index (κ1) is 58.8. The third-order valence-electron chi connectivity index (χ3n) is 8.32. The minimum atomic E-state index is 0.190. The minimum Gasteiger partial charge on any atom is -0.377 e. The van der Waals surface area contributed by atoms with Gasteiger partial charge in [0.15, 0.2) is 0 Å². The highest BCUT2D eigenvalue weighted by Gasteiger charge is 2.18. The van der Waals surface area contributed by atoms with Crippen LogP contribution in [0.2, 0.25) is 0 Å². The Labute approximate surface area is 342 Å². The van der Waals surface area contributed by atoms with Crippen molar-refractivity contribution in [3.05, 3.63) is 48.6 Å². The number of carbonyl (C=O) groups excluding carboxylic acids is 1. The molecule has 54 heavy (non-hydrogen) atoms. The first-order chi connectivity index (χ1) is 26.2. The molecule has 1 fully saturated rings. The Bertz CT molecular complexity index is 904. The van der Waals surface area contributed by atoms with Crippen molar-refractivity contribution in [3.63, 3.8) is 0 Å². The van der Waals surface area contributed by atoms with E-state index in [9.17, 15) is 4.79 Å². The molecule has 2 aliphatic rings. The topological polar surface area (TPSA) is 69.3 Å². The number of allylic oxidation sites excluding steroid dienone is 2. The summed E-state index contributed by atoms with van der Waals surface area (Å²) in [5.74, 6) is 0.788. The van der Waals surface area contributed by atoms with E-state index in [-0.39, 0.29) is 18.2 Å². The van der Waals surface area contributed by atoms with Gasteiger partial charge in [-0.05, 0) is 85.0 Å². The minimum absolute atomic E-state index is 0.190. The Morgan fingerprint density at radius 3 is 1.72 bits per heavy atom. The van der Waals surface area contributed by atoms with Gasteiger partial charge in [0.25, 0.3) is 0 Å². The predicted octanol–water partition coefficient (Wildman–Crippen LogP) is 10.6. The van der Waals surface area contributed by atoms with Crippen LogP contribution in [0.5, 0.6) is 0 Å². The number of benzene rings is 1. The fourth-order valence-corrected chi connectivity index (χ4v) is 5.38. The average molecular weight is 782 g/mol. The molecule has 0 aromatic heterocycles. The maximum Gasteiger partial charge on any atom is 0.214 e. The van der Waals surface area contributed by atoms with Gasteiger partial charge in [0.05, 0.1) is 23.6 Å². The largest absolute Gasteiger partial charge is 0.377 e. The van der Waals surface area contributed by atoms with E-state index >= 15 is 0 Å². The number of hydrogen-bond acceptors (Lipinski definition) is 8. The molecule has 0 radical (unpaired) electrons. The van der Waals surface area contributed by atoms with Crippen molar-refractivity contribution >= 4 is 30.4 Å². The van der Waals surface area contributed by atoms with Gasteiger partial charge in [0.2, 0.25) is 6.41 Å². The molecule has 3 rings (SSSR count). The van der Waals surface area contributed by atoms with Crippen LogP contribution in [0, 0.1) is 0 Å². The van der Waals surface area contributed by atoms with Gasteiger partial charge in [-0.3, -0.25) is 4.79 Å². The number of methoxy groups -OCH3 is 2. The lowest BCUT2D eigenvalue weighted by atomic mass is 10.1. The Kier molecular flexibility index (Phi) is 51.5. The second kappa shape index (κ2) is 47.3. The van der Waals surface area contributed by atoms with Gasteiger partial charge in [-0.15, -0.1) is 0 Å². The summed E-state index contributed by atoms with van der Waals surface area (Å²) < 4.78 is 10.4. The number of thiol groups is 1. The number of nitrogens with one attached hydrogen (secondary N) is 2. The first-order valence-corrected chi connectivity index (χ1v) is 21.9. The van der Waals surface area contributed by atoms with E-state index in [4.69, 9.17) is 9.47 Å². The first-order valence-electron chi connectivity index (χ1n) is 21.3. The SMILES string of the molecule is CC.CCC.CCC(C)N(C=O)c1ccccc1N(C)CCCN1CCCC1.CCCCCCC.CCNCS.CNC.COC1C=CC=CC(OC)C1. The van der Waals surface area contributed by atoms with Crippen molar-refractivity contribution in [2.75, 3.05) is 83.8 Å². The smallest absolute Gasteiger partial charge is 0.214 e. The summed E-state index contributed by atoms with van der Waals surface area (Å²) in [5.41, 5.74) is 2.15. The molecule has 0 saturated carbocycles. The van der Waals surface area contributed by atoms with Crippen LogP contribution in [0.3, 0.4) is 0 Å². The number of hydrogen-bond donors (Lipinski definition) is 3. The third kappa shape index (κ3) is 34.6. The monoisotopic (exact) mass is 782 g/mol. The number of likely N-dealkylation sites (tertiary alicyclic amines) is 1. The van der Waals surface area contributed by atoms with Crippen LogP contribution >= 0.6 is 12.6 Å². The van der Waals surface area contributed by atoms with Crippen LogP contribution in [-0.2, 0) is 14.3 Å². The Morgan fingerprint density at radius 2 is 1.35 bits per heavy atom. The van der Waals surface area contributed by atoms with Crippen molar-refractivity contribution in [2.24, 2.45) is 0 Å². The molecule has 1 aromatic carbocycles. The van der Waals surface area contributed by atoms with E-state index in [2.05, 4.69) is 101 Å². The van der Waals surface area contributed by atoms with E-state index in [1.165, 1.54) is 71.0 Å². The molecule has 1 aliphatic carbocycles. The fraction of sp³-hybridized carbons (Fsp3) is 0.756. The Balaban J connectivity index is -0.000000334. The Morgan fingerprint density at radius 1 is 0.870 bits per heavy atom. The molecule has 1 heterocycles. The molecule has 0 bridgehead atoms. The lowest BCUT2D eigenvalue weighted by Crippen LogP contribution is -2.33. The number of ether oxygens (including phenoxy) is 2. The highest BCUT2D eigenvalue weighted by atomic mass is 32.1. The van der Waals surface area contributed by atoms with Crippen LogP contribution in [0.15, 0.2) is 48.6 Å². The average Bonchev–Trinajstić information content (AvgIpc) is 3.60. The molecular formula is C45H91N5O3S. The van der Waals surface area contributed by atoms with Gasteiger partial charge in [-0.2, -0.15) is 12.6 Å². The Hall–Kier alpha value is -1.88. The van der Waals surface area contributed by atoms with Gasteiger partial charge in [-0.25, -0.2) is 0 Å². The summed E-state index contributed by atoms with van der Waals surface area (Å²) in [4.78, 5) is 18.3. The number of amides is 1. The molecule has 1 aliphatic heterocycles. The summed E-state index contributed by atoms with van der Waals surface area (Å²) in [6.45, 7) is 24.7. The summed E-state index contributed by atoms with van der Waals surface area (Å²) in [6.07, 6.45) is 23.4. The molecule has 9 heteroatoms. The second-order valence-electron chi connectivity index (χ2n) is 13.2. The van der Waals surface area contributed by atoms with Gasteiger partial charge in [0, 0.05) is 46.2 Å². The van der Waals surface area contributed by atoms with Crippen LogP contribution < -0.4 is 20.4 Å². The highest BCUT2D eigenvalue weighted by Crippen LogP contribution is 2.30. The lowest BCUT2D eigenvalue weighted by molar-refractivity contribution is -0.107. The van der Waals surface area contributed by atoms with Crippen LogP contribution in [0.4, 0.5) is 11.4 Å². The van der Waals surface area contributed by atoms with Crippen molar-refractivity contribution < 1.29 is 14.3 Å². The van der Waals surface area contributed by atoms with E-state index in [0.717, 1.165) is 56.0 Å². The van der Waals surface area contributed by atoms with Crippen LogP contribution in [-0.4, -0.2) is 104 Å². The van der Waals surface area contributed by atoms with Crippen molar-refractivity contribution in [1.29, 1.82) is 0 Å². The van der Waals surface area contributed by atoms with E-state index in [1.54, 1.807) is 14.2 Å². The number of unbranched alkanes of at least 4 members (excludes halogenated alkanes) is 4. The zero-order chi connectivity index (χ0) is 41.8. The molecule has 1 amide bonds. The second-order valence-corrected chi connectivity index (χ2v) is 13.5. The normalized spacial score (nSPS) is 15.9. The molecule has 0 spiro atoms. The number of rotatable bonds is 17. The fourth-order valence-electron chi connectivity index (χ4n) is 5.16. The highest BCUT2D eigenvalue weighted by molar-refractivity contribution is 7.80. The third-order valence-corrected chi connectivity index (χ3v) is 8.54. The standard InChI is InChI=1S/C19H31N3O.C9H14O2.C7H16.C3H9NS.C3H8.C2H7N.C2H6/c1-4-17(2)22(16-23)19-11-6-5-10-18(19)20(3)12-9-15-21-13-7-8-14-21;1-10-8-5-3-4-6-9(7-8)11-2;1-3-5-7-6-4-2;1-2-4-3-5;2*1-3-2;1-2/h5-6,10-11,16-17H,4,7-9,12-15H2,1-3H3;3-6,8-9H,7H2,1-2H3;3-7H2,1-2H3;4-5H,2-3H2,1H3;3H2,1-2H3;3H,1-2H3;1-2H3. The van der Waals surface area contributed by atoms with E-state index < -0.39 is 0 Å². The van der Waals surface area contributed by atoms with E-state index in [0.29, 0.717) is 0 Å². The maximum atomic E-state index is 11.6. The number of anilines is 2. The summed E-state index contributed by atoms with van der Waals surface area (Å²) >= 11 is 3.89. The zero-order valence-electron chi connectivity index (χ0n) is 38.0. The molecule has 1 saturated heterocycles. The molecule has 2 N–H and O–H groups in total. The van der Waals surface area contributed by atoms with Gasteiger partial charge in [0.1, 0.15) is 0 Å². The molecule has 3 unspecified atom stereocenters. The number of para-hydroxylation sites is 2. The quantitative estimate of drug-likeness (QED) is 0.0629. The predicted molar refractivity (Wildman–Crippen MR) is 247 cm³/mol. The molecule has 8 nitrogen and oxygen atoms in total. The molecule has 3 atom stereocenters. The van der Waals surface area contributed by atoms with Crippen LogP contribution in [0.25, 0.3) is 0 Å². The molecule has 1 aromatic rings. The van der Waals surface area contributed by atoms with Gasteiger partial charge < -0.3 is 34.8 Å². The summed E-state index contributed by atoms with van der Waals surface area (Å²) in [6, 6.07) is 8.44. The number of carbonyl (C=O) groups is 1. The van der Waals surface area contributed by atoms with E-state index in [1.807, 2.05) is 69.3 Å². The maximum absolute atomic E-state index is 11.6. The summed E-state index contributed by atoms with van der Waals surface area (Å²) in [7, 11) is 9.31. The zero-order valence-corrected chi connectivity index (χ0v) is 38.9. The summed E-state index contributed by atoms with van der Waals surface area (Å²) in [5, 5.41) is 5.73. The van der Waals surface area contributed by atoms with Crippen molar-refractivity contribution in [2.45, 2.75) is 151 Å².